The van der Waals surface area contributed by atoms with Gasteiger partial charge in [-0.3, -0.25) is 9.36 Å². The number of aromatic nitrogens is 2. The maximum Gasteiger partial charge on any atom is 0.251 e. The number of nitrogens with zero attached hydrogens (tertiary/aromatic N) is 3. The summed E-state index contributed by atoms with van der Waals surface area (Å²) in [6, 6.07) is 16.0. The van der Waals surface area contributed by atoms with Crippen molar-refractivity contribution in [2.75, 3.05) is 20.1 Å². The lowest BCUT2D eigenvalue weighted by molar-refractivity contribution is 0.0912. The van der Waals surface area contributed by atoms with Crippen molar-refractivity contribution in [2.45, 2.75) is 18.9 Å². The zero-order valence-corrected chi connectivity index (χ0v) is 14.4. The Bertz CT molecular complexity index is 884. The first-order valence-corrected chi connectivity index (χ1v) is 8.72. The first kappa shape index (κ1) is 15.8. The second-order valence-electron chi connectivity index (χ2n) is 6.73. The number of piperidine rings is 1. The summed E-state index contributed by atoms with van der Waals surface area (Å²) in [5.74, 6) is 0.00217. The fourth-order valence-electron chi connectivity index (χ4n) is 3.49. The number of carbonyl (C=O) groups excluding carboxylic acids is 1. The molecule has 2 aromatic carbocycles. The molecule has 2 heterocycles. The van der Waals surface area contributed by atoms with Crippen molar-refractivity contribution >= 4 is 16.9 Å². The molecule has 1 N–H and O–H groups in total. The standard InChI is InChI=1S/C20H22N4O/c1-23-12-4-5-16(13-23)22-20(25)15-8-10-17(11-9-15)24-14-21-18-6-2-3-7-19(18)24/h2-3,6-11,14,16H,4-5,12-13H2,1H3,(H,22,25). The highest BCUT2D eigenvalue weighted by molar-refractivity contribution is 5.94. The van der Waals surface area contributed by atoms with E-state index in [1.165, 1.54) is 0 Å². The Balaban J connectivity index is 1.51. The summed E-state index contributed by atoms with van der Waals surface area (Å²) in [7, 11) is 2.10. The maximum atomic E-state index is 12.5. The minimum Gasteiger partial charge on any atom is -0.348 e. The monoisotopic (exact) mass is 334 g/mol. The highest BCUT2D eigenvalue weighted by Gasteiger charge is 2.19. The molecule has 128 valence electrons. The molecule has 1 amide bonds. The third-order valence-electron chi connectivity index (χ3n) is 4.82. The van der Waals surface area contributed by atoms with Crippen LogP contribution in [0.25, 0.3) is 16.7 Å². The maximum absolute atomic E-state index is 12.5. The van der Waals surface area contributed by atoms with E-state index in [2.05, 4.69) is 22.2 Å². The average molecular weight is 334 g/mol. The van der Waals surface area contributed by atoms with Crippen LogP contribution < -0.4 is 5.32 Å². The predicted octanol–water partition coefficient (Wildman–Crippen LogP) is 2.85. The molecule has 5 heteroatoms. The SMILES string of the molecule is CN1CCCC(NC(=O)c2ccc(-n3cnc4ccccc43)cc2)C1. The lowest BCUT2D eigenvalue weighted by atomic mass is 10.1. The van der Waals surface area contributed by atoms with Gasteiger partial charge in [0.2, 0.25) is 0 Å². The van der Waals surface area contributed by atoms with Crippen LogP contribution in [0.3, 0.4) is 0 Å². The van der Waals surface area contributed by atoms with Crippen molar-refractivity contribution in [3.05, 3.63) is 60.4 Å². The molecule has 1 fully saturated rings. The summed E-state index contributed by atoms with van der Waals surface area (Å²) in [4.78, 5) is 19.2. The van der Waals surface area contributed by atoms with Crippen LogP contribution in [0.1, 0.15) is 23.2 Å². The van der Waals surface area contributed by atoms with Gasteiger partial charge < -0.3 is 10.2 Å². The number of para-hydroxylation sites is 2. The van der Waals surface area contributed by atoms with E-state index in [1.54, 1.807) is 0 Å². The lowest BCUT2D eigenvalue weighted by Gasteiger charge is -2.30. The molecule has 1 aliphatic rings. The summed E-state index contributed by atoms with van der Waals surface area (Å²) >= 11 is 0. The van der Waals surface area contributed by atoms with Gasteiger partial charge in [-0.25, -0.2) is 4.98 Å². The normalized spacial score (nSPS) is 18.4. The van der Waals surface area contributed by atoms with E-state index in [0.717, 1.165) is 42.7 Å². The number of likely N-dealkylation sites (tertiary alicyclic amines) is 1. The van der Waals surface area contributed by atoms with Crippen molar-refractivity contribution in [3.63, 3.8) is 0 Å². The summed E-state index contributed by atoms with van der Waals surface area (Å²) in [6.07, 6.45) is 4.00. The summed E-state index contributed by atoms with van der Waals surface area (Å²) in [5.41, 5.74) is 3.72. The number of nitrogens with one attached hydrogen (secondary N) is 1. The molecule has 0 bridgehead atoms. The minimum absolute atomic E-state index is 0.00217. The lowest BCUT2D eigenvalue weighted by Crippen LogP contribution is -2.46. The first-order chi connectivity index (χ1) is 12.2. The van der Waals surface area contributed by atoms with Gasteiger partial charge in [-0.2, -0.15) is 0 Å². The molecule has 0 aliphatic carbocycles. The number of benzene rings is 2. The third kappa shape index (κ3) is 3.28. The Morgan fingerprint density at radius 2 is 1.96 bits per heavy atom. The molecule has 3 aromatic rings. The van der Waals surface area contributed by atoms with Crippen molar-refractivity contribution in [1.29, 1.82) is 0 Å². The molecule has 1 saturated heterocycles. The molecular weight excluding hydrogens is 312 g/mol. The Kier molecular flexibility index (Phi) is 4.24. The number of rotatable bonds is 3. The summed E-state index contributed by atoms with van der Waals surface area (Å²) in [6.45, 7) is 2.03. The Hall–Kier alpha value is -2.66. The van der Waals surface area contributed by atoms with E-state index >= 15 is 0 Å². The van der Waals surface area contributed by atoms with Crippen molar-refractivity contribution in [2.24, 2.45) is 0 Å². The molecule has 1 unspecified atom stereocenters. The molecule has 1 aliphatic heterocycles. The van der Waals surface area contributed by atoms with Gasteiger partial charge in [-0.15, -0.1) is 0 Å². The summed E-state index contributed by atoms with van der Waals surface area (Å²) < 4.78 is 2.03. The second kappa shape index (κ2) is 6.69. The second-order valence-corrected chi connectivity index (χ2v) is 6.73. The van der Waals surface area contributed by atoms with E-state index in [1.807, 2.05) is 59.4 Å². The van der Waals surface area contributed by atoms with E-state index < -0.39 is 0 Å². The molecule has 0 spiro atoms. The van der Waals surface area contributed by atoms with Gasteiger partial charge in [0, 0.05) is 23.8 Å². The molecule has 0 radical (unpaired) electrons. The molecule has 0 saturated carbocycles. The third-order valence-corrected chi connectivity index (χ3v) is 4.82. The molecule has 5 nitrogen and oxygen atoms in total. The molecule has 4 rings (SSSR count). The first-order valence-electron chi connectivity index (χ1n) is 8.72. The van der Waals surface area contributed by atoms with E-state index in [-0.39, 0.29) is 11.9 Å². The van der Waals surface area contributed by atoms with Crippen LogP contribution in [-0.4, -0.2) is 46.5 Å². The van der Waals surface area contributed by atoms with Crippen LogP contribution in [0, 0.1) is 0 Å². The molecule has 1 aromatic heterocycles. The average Bonchev–Trinajstić information content (AvgIpc) is 3.06. The van der Waals surface area contributed by atoms with Gasteiger partial charge in [0.15, 0.2) is 0 Å². The number of hydrogen-bond donors (Lipinski definition) is 1. The Labute approximate surface area is 147 Å². The quantitative estimate of drug-likeness (QED) is 0.801. The highest BCUT2D eigenvalue weighted by atomic mass is 16.1. The zero-order valence-electron chi connectivity index (χ0n) is 14.4. The van der Waals surface area contributed by atoms with Gasteiger partial charge in [0.1, 0.15) is 6.33 Å². The minimum atomic E-state index is 0.00217. The number of likely N-dealkylation sites (N-methyl/N-ethyl adjacent to an activating group) is 1. The van der Waals surface area contributed by atoms with Crippen molar-refractivity contribution in [1.82, 2.24) is 19.8 Å². The topological polar surface area (TPSA) is 50.2 Å². The van der Waals surface area contributed by atoms with Crippen LogP contribution >= 0.6 is 0 Å². The van der Waals surface area contributed by atoms with Gasteiger partial charge in [-0.05, 0) is 62.8 Å². The summed E-state index contributed by atoms with van der Waals surface area (Å²) in [5, 5.41) is 3.15. The van der Waals surface area contributed by atoms with E-state index in [9.17, 15) is 4.79 Å². The number of fused-ring (bicyclic) bond motifs is 1. The Morgan fingerprint density at radius 3 is 2.76 bits per heavy atom. The number of amides is 1. The predicted molar refractivity (Wildman–Crippen MR) is 99.1 cm³/mol. The zero-order chi connectivity index (χ0) is 17.2. The largest absolute Gasteiger partial charge is 0.348 e. The number of imidazole rings is 1. The van der Waals surface area contributed by atoms with Crippen LogP contribution in [0.4, 0.5) is 0 Å². The van der Waals surface area contributed by atoms with Crippen LogP contribution in [0.2, 0.25) is 0 Å². The molecule has 25 heavy (non-hydrogen) atoms. The van der Waals surface area contributed by atoms with Crippen molar-refractivity contribution < 1.29 is 4.79 Å². The fraction of sp³-hybridized carbons (Fsp3) is 0.300. The van der Waals surface area contributed by atoms with Crippen LogP contribution in [0.15, 0.2) is 54.9 Å². The number of hydrogen-bond acceptors (Lipinski definition) is 3. The van der Waals surface area contributed by atoms with Gasteiger partial charge in [0.25, 0.3) is 5.91 Å². The smallest absolute Gasteiger partial charge is 0.251 e. The fourth-order valence-corrected chi connectivity index (χ4v) is 3.49. The Morgan fingerprint density at radius 1 is 1.16 bits per heavy atom. The van der Waals surface area contributed by atoms with Crippen LogP contribution in [0.5, 0.6) is 0 Å². The molecular formula is C20H22N4O. The van der Waals surface area contributed by atoms with Crippen molar-refractivity contribution in [3.8, 4) is 5.69 Å². The van der Waals surface area contributed by atoms with Crippen LogP contribution in [-0.2, 0) is 0 Å². The van der Waals surface area contributed by atoms with Gasteiger partial charge in [-0.1, -0.05) is 12.1 Å². The van der Waals surface area contributed by atoms with Gasteiger partial charge >= 0.3 is 0 Å². The highest BCUT2D eigenvalue weighted by Crippen LogP contribution is 2.18. The number of carbonyl (C=O) groups is 1. The van der Waals surface area contributed by atoms with Gasteiger partial charge in [0.05, 0.1) is 11.0 Å². The van der Waals surface area contributed by atoms with E-state index in [4.69, 9.17) is 0 Å². The van der Waals surface area contributed by atoms with E-state index in [0.29, 0.717) is 5.56 Å². The molecule has 1 atom stereocenters.